The maximum Gasteiger partial charge on any atom is 0.0662 e. The Morgan fingerprint density at radius 2 is 1.93 bits per heavy atom. The van der Waals surface area contributed by atoms with E-state index in [0.29, 0.717) is 12.6 Å². The van der Waals surface area contributed by atoms with Crippen LogP contribution in [0.1, 0.15) is 31.9 Å². The van der Waals surface area contributed by atoms with E-state index in [9.17, 15) is 5.11 Å². The molecular weight excluding hydrogens is 174 g/mol. The lowest BCUT2D eigenvalue weighted by atomic mass is 10.1. The molecule has 0 saturated carbocycles. The van der Waals surface area contributed by atoms with Crippen molar-refractivity contribution in [3.8, 4) is 0 Å². The third kappa shape index (κ3) is 3.48. The molecule has 1 rings (SSSR count). The molecule has 14 heavy (non-hydrogen) atoms. The Kier molecular flexibility index (Phi) is 4.63. The number of aliphatic hydroxyl groups excluding tert-OH is 1. The number of rotatable bonds is 5. The van der Waals surface area contributed by atoms with Gasteiger partial charge in [0, 0.05) is 12.6 Å². The Morgan fingerprint density at radius 3 is 2.50 bits per heavy atom. The van der Waals surface area contributed by atoms with Gasteiger partial charge in [0.05, 0.1) is 6.10 Å². The number of aliphatic hydroxyl groups is 1. The third-order valence-corrected chi connectivity index (χ3v) is 2.43. The molecule has 2 heteroatoms. The molecule has 0 bridgehead atoms. The van der Waals surface area contributed by atoms with Gasteiger partial charge in [-0.05, 0) is 18.9 Å². The van der Waals surface area contributed by atoms with Gasteiger partial charge in [-0.1, -0.05) is 37.3 Å². The van der Waals surface area contributed by atoms with Crippen LogP contribution in [0.5, 0.6) is 0 Å². The van der Waals surface area contributed by atoms with Gasteiger partial charge in [0.25, 0.3) is 0 Å². The summed E-state index contributed by atoms with van der Waals surface area (Å²) in [6.07, 6.45) is 0.565. The normalized spacial score (nSPS) is 15.1. The van der Waals surface area contributed by atoms with Crippen LogP contribution in [0.3, 0.4) is 0 Å². The highest BCUT2D eigenvalue weighted by Crippen LogP contribution is 2.10. The van der Waals surface area contributed by atoms with E-state index in [1.54, 1.807) is 0 Å². The van der Waals surface area contributed by atoms with Gasteiger partial charge in [-0.25, -0.2) is 0 Å². The summed E-state index contributed by atoms with van der Waals surface area (Å²) in [4.78, 5) is 0. The first-order chi connectivity index (χ1) is 6.74. The van der Waals surface area contributed by atoms with Crippen LogP contribution in [0, 0.1) is 0 Å². The van der Waals surface area contributed by atoms with Gasteiger partial charge < -0.3 is 10.4 Å². The average Bonchev–Trinajstić information content (AvgIpc) is 2.26. The second-order valence-electron chi connectivity index (χ2n) is 3.60. The van der Waals surface area contributed by atoms with Crippen molar-refractivity contribution in [2.45, 2.75) is 32.4 Å². The summed E-state index contributed by atoms with van der Waals surface area (Å²) >= 11 is 0. The fraction of sp³-hybridized carbons (Fsp3) is 0.500. The SMILES string of the molecule is CCC(O)CN[C@@H](C)c1ccccc1. The number of nitrogens with one attached hydrogen (secondary N) is 1. The number of hydrogen-bond donors (Lipinski definition) is 2. The predicted molar refractivity (Wildman–Crippen MR) is 59.2 cm³/mol. The minimum Gasteiger partial charge on any atom is -0.392 e. The Labute approximate surface area is 86.0 Å². The van der Waals surface area contributed by atoms with Gasteiger partial charge >= 0.3 is 0 Å². The summed E-state index contributed by atoms with van der Waals surface area (Å²) in [6, 6.07) is 10.6. The fourth-order valence-electron chi connectivity index (χ4n) is 1.32. The van der Waals surface area contributed by atoms with Crippen molar-refractivity contribution in [3.63, 3.8) is 0 Å². The van der Waals surface area contributed by atoms with Crippen LogP contribution >= 0.6 is 0 Å². The summed E-state index contributed by atoms with van der Waals surface area (Å²) in [6.45, 7) is 4.75. The van der Waals surface area contributed by atoms with Crippen molar-refractivity contribution >= 4 is 0 Å². The highest BCUT2D eigenvalue weighted by atomic mass is 16.3. The minimum absolute atomic E-state index is 0.235. The zero-order valence-corrected chi connectivity index (χ0v) is 8.90. The molecule has 1 unspecified atom stereocenters. The summed E-state index contributed by atoms with van der Waals surface area (Å²) in [5.74, 6) is 0. The van der Waals surface area contributed by atoms with Crippen molar-refractivity contribution < 1.29 is 5.11 Å². The zero-order chi connectivity index (χ0) is 10.4. The molecule has 2 nitrogen and oxygen atoms in total. The van der Waals surface area contributed by atoms with Crippen molar-refractivity contribution in [1.82, 2.24) is 5.32 Å². The van der Waals surface area contributed by atoms with E-state index in [-0.39, 0.29) is 6.10 Å². The van der Waals surface area contributed by atoms with Gasteiger partial charge in [0.1, 0.15) is 0 Å². The number of benzene rings is 1. The maximum atomic E-state index is 9.39. The molecule has 0 aliphatic heterocycles. The summed E-state index contributed by atoms with van der Waals surface area (Å²) < 4.78 is 0. The van der Waals surface area contributed by atoms with Crippen LogP contribution in [0.15, 0.2) is 30.3 Å². The predicted octanol–water partition coefficient (Wildman–Crippen LogP) is 2.11. The van der Waals surface area contributed by atoms with Crippen LogP contribution in [0.2, 0.25) is 0 Å². The topological polar surface area (TPSA) is 32.3 Å². The molecule has 1 aromatic rings. The second-order valence-corrected chi connectivity index (χ2v) is 3.60. The van der Waals surface area contributed by atoms with Crippen molar-refractivity contribution in [1.29, 1.82) is 0 Å². The standard InChI is InChI=1S/C12H19NO/c1-3-12(14)9-13-10(2)11-7-5-4-6-8-11/h4-8,10,12-14H,3,9H2,1-2H3/t10-,12?/m0/s1. The van der Waals surface area contributed by atoms with Gasteiger partial charge in [-0.3, -0.25) is 0 Å². The van der Waals surface area contributed by atoms with E-state index in [0.717, 1.165) is 6.42 Å². The van der Waals surface area contributed by atoms with Crippen LogP contribution in [-0.2, 0) is 0 Å². The van der Waals surface area contributed by atoms with Crippen LogP contribution in [0.25, 0.3) is 0 Å². The molecule has 0 saturated heterocycles. The third-order valence-electron chi connectivity index (χ3n) is 2.43. The van der Waals surface area contributed by atoms with Gasteiger partial charge in [-0.15, -0.1) is 0 Å². The molecule has 0 heterocycles. The quantitative estimate of drug-likeness (QED) is 0.750. The van der Waals surface area contributed by atoms with E-state index in [1.165, 1.54) is 5.56 Å². The summed E-state index contributed by atoms with van der Waals surface area (Å²) in [7, 11) is 0. The smallest absolute Gasteiger partial charge is 0.0662 e. The molecule has 78 valence electrons. The fourth-order valence-corrected chi connectivity index (χ4v) is 1.32. The highest BCUT2D eigenvalue weighted by molar-refractivity contribution is 5.17. The van der Waals surface area contributed by atoms with Crippen molar-refractivity contribution in [2.24, 2.45) is 0 Å². The minimum atomic E-state index is -0.235. The molecule has 2 N–H and O–H groups in total. The van der Waals surface area contributed by atoms with E-state index in [1.807, 2.05) is 25.1 Å². The Bertz CT molecular complexity index is 248. The van der Waals surface area contributed by atoms with Crippen molar-refractivity contribution in [3.05, 3.63) is 35.9 Å². The van der Waals surface area contributed by atoms with Gasteiger partial charge in [0.15, 0.2) is 0 Å². The Morgan fingerprint density at radius 1 is 1.29 bits per heavy atom. The Balaban J connectivity index is 2.39. The first-order valence-corrected chi connectivity index (χ1v) is 5.20. The molecule has 0 aliphatic rings. The highest BCUT2D eigenvalue weighted by Gasteiger charge is 2.06. The van der Waals surface area contributed by atoms with Crippen molar-refractivity contribution in [2.75, 3.05) is 6.54 Å². The van der Waals surface area contributed by atoms with E-state index < -0.39 is 0 Å². The molecular formula is C12H19NO. The van der Waals surface area contributed by atoms with Crippen LogP contribution < -0.4 is 5.32 Å². The maximum absolute atomic E-state index is 9.39. The lowest BCUT2D eigenvalue weighted by molar-refractivity contribution is 0.164. The zero-order valence-electron chi connectivity index (χ0n) is 8.90. The van der Waals surface area contributed by atoms with E-state index >= 15 is 0 Å². The molecule has 1 aromatic carbocycles. The molecule has 2 atom stereocenters. The van der Waals surface area contributed by atoms with Gasteiger partial charge in [0.2, 0.25) is 0 Å². The summed E-state index contributed by atoms with van der Waals surface area (Å²) in [5, 5.41) is 12.7. The average molecular weight is 193 g/mol. The van der Waals surface area contributed by atoms with E-state index in [4.69, 9.17) is 0 Å². The lowest BCUT2D eigenvalue weighted by Gasteiger charge is -2.16. The molecule has 0 spiro atoms. The Hall–Kier alpha value is -0.860. The molecule has 0 aliphatic carbocycles. The largest absolute Gasteiger partial charge is 0.392 e. The molecule has 0 aromatic heterocycles. The summed E-state index contributed by atoms with van der Waals surface area (Å²) in [5.41, 5.74) is 1.26. The monoisotopic (exact) mass is 193 g/mol. The molecule has 0 amide bonds. The second kappa shape index (κ2) is 5.78. The van der Waals surface area contributed by atoms with E-state index in [2.05, 4.69) is 24.4 Å². The van der Waals surface area contributed by atoms with Crippen LogP contribution in [-0.4, -0.2) is 17.8 Å². The molecule has 0 radical (unpaired) electrons. The first-order valence-electron chi connectivity index (χ1n) is 5.20. The van der Waals surface area contributed by atoms with Gasteiger partial charge in [-0.2, -0.15) is 0 Å². The molecule has 0 fully saturated rings. The van der Waals surface area contributed by atoms with Crippen LogP contribution in [0.4, 0.5) is 0 Å². The lowest BCUT2D eigenvalue weighted by Crippen LogP contribution is -2.28. The first kappa shape index (κ1) is 11.2. The number of hydrogen-bond acceptors (Lipinski definition) is 2.